The van der Waals surface area contributed by atoms with Gasteiger partial charge >= 0.3 is 6.09 Å². The van der Waals surface area contributed by atoms with Gasteiger partial charge in [-0.2, -0.15) is 0 Å². The zero-order chi connectivity index (χ0) is 19.1. The molecule has 0 heterocycles. The van der Waals surface area contributed by atoms with Gasteiger partial charge in [0.15, 0.2) is 6.61 Å². The maximum atomic E-state index is 11.7. The number of nitrogens with one attached hydrogen (secondary N) is 2. The summed E-state index contributed by atoms with van der Waals surface area (Å²) in [5.74, 6) is 0.0489. The third kappa shape index (κ3) is 5.72. The molecule has 0 aliphatic heterocycles. The van der Waals surface area contributed by atoms with Crippen LogP contribution in [0.15, 0.2) is 71.2 Å². The fraction of sp³-hybridized carbons (Fsp3) is 0.100. The molecule has 3 rings (SSSR count). The van der Waals surface area contributed by atoms with Gasteiger partial charge in [-0.1, -0.05) is 52.3 Å². The number of carbonyl (C=O) groups is 2. The summed E-state index contributed by atoms with van der Waals surface area (Å²) in [6.45, 7) is -0.130. The van der Waals surface area contributed by atoms with Crippen molar-refractivity contribution in [1.29, 1.82) is 0 Å². The van der Waals surface area contributed by atoms with E-state index in [9.17, 15) is 9.59 Å². The van der Waals surface area contributed by atoms with Crippen LogP contribution in [-0.2, 0) is 16.1 Å². The molecule has 0 spiro atoms. The molecular weight excluding hydrogens is 412 g/mol. The van der Waals surface area contributed by atoms with Gasteiger partial charge in [-0.25, -0.2) is 10.2 Å². The minimum absolute atomic E-state index is 0.0991. The van der Waals surface area contributed by atoms with Crippen LogP contribution in [0.3, 0.4) is 0 Å². The molecule has 0 saturated carbocycles. The summed E-state index contributed by atoms with van der Waals surface area (Å²) in [6, 6.07) is 20.8. The molecule has 7 heteroatoms. The van der Waals surface area contributed by atoms with Gasteiger partial charge in [-0.3, -0.25) is 10.2 Å². The Hall–Kier alpha value is -3.06. The first kappa shape index (κ1) is 18.7. The summed E-state index contributed by atoms with van der Waals surface area (Å²) >= 11 is 3.31. The van der Waals surface area contributed by atoms with E-state index in [0.717, 1.165) is 20.8 Å². The lowest BCUT2D eigenvalue weighted by Crippen LogP contribution is -2.44. The van der Waals surface area contributed by atoms with Crippen molar-refractivity contribution in [2.45, 2.75) is 6.61 Å². The normalized spacial score (nSPS) is 10.3. The smallest absolute Gasteiger partial charge is 0.426 e. The van der Waals surface area contributed by atoms with Gasteiger partial charge in [0.05, 0.1) is 0 Å². The number of hydrazine groups is 1. The first-order chi connectivity index (χ1) is 13.1. The average molecular weight is 429 g/mol. The zero-order valence-corrected chi connectivity index (χ0v) is 15.9. The van der Waals surface area contributed by atoms with E-state index < -0.39 is 12.0 Å². The number of amides is 2. The van der Waals surface area contributed by atoms with Crippen molar-refractivity contribution < 1.29 is 19.1 Å². The Morgan fingerprint density at radius 2 is 1.63 bits per heavy atom. The Balaban J connectivity index is 1.39. The molecule has 2 amide bonds. The Kier molecular flexibility index (Phi) is 6.27. The molecule has 2 N–H and O–H groups in total. The van der Waals surface area contributed by atoms with Gasteiger partial charge in [0, 0.05) is 4.47 Å². The van der Waals surface area contributed by atoms with Gasteiger partial charge in [-0.05, 0) is 46.7 Å². The van der Waals surface area contributed by atoms with Crippen molar-refractivity contribution >= 4 is 38.7 Å². The monoisotopic (exact) mass is 428 g/mol. The molecule has 27 heavy (non-hydrogen) atoms. The van der Waals surface area contributed by atoms with Crippen LogP contribution in [0.2, 0.25) is 0 Å². The van der Waals surface area contributed by atoms with Gasteiger partial charge in [-0.15, -0.1) is 0 Å². The lowest BCUT2D eigenvalue weighted by atomic mass is 10.1. The second-order valence-corrected chi connectivity index (χ2v) is 6.59. The van der Waals surface area contributed by atoms with Crippen LogP contribution in [-0.4, -0.2) is 18.6 Å². The summed E-state index contributed by atoms with van der Waals surface area (Å²) in [5, 5.41) is 2.18. The third-order valence-corrected chi connectivity index (χ3v) is 4.20. The molecule has 0 aromatic heterocycles. The second-order valence-electron chi connectivity index (χ2n) is 5.67. The highest BCUT2D eigenvalue weighted by molar-refractivity contribution is 9.10. The van der Waals surface area contributed by atoms with Crippen LogP contribution in [0.4, 0.5) is 4.79 Å². The van der Waals surface area contributed by atoms with Crippen LogP contribution in [0.25, 0.3) is 10.8 Å². The summed E-state index contributed by atoms with van der Waals surface area (Å²) in [7, 11) is 0. The number of fused-ring (bicyclic) bond motifs is 1. The van der Waals surface area contributed by atoms with Gasteiger partial charge < -0.3 is 9.47 Å². The molecule has 138 valence electrons. The van der Waals surface area contributed by atoms with Crippen molar-refractivity contribution in [3.8, 4) is 5.75 Å². The van der Waals surface area contributed by atoms with Crippen LogP contribution < -0.4 is 15.6 Å². The standard InChI is InChI=1S/C20H17BrN2O4/c21-17-7-9-18(10-8-17)26-13-19(24)22-23-20(25)27-12-14-5-6-15-3-1-2-4-16(15)11-14/h1-11H,12-13H2,(H,22,24)(H,23,25). The first-order valence-corrected chi connectivity index (χ1v) is 8.97. The van der Waals surface area contributed by atoms with Crippen molar-refractivity contribution in [3.05, 3.63) is 76.8 Å². The maximum Gasteiger partial charge on any atom is 0.426 e. The molecule has 3 aromatic rings. The molecule has 0 fully saturated rings. The Morgan fingerprint density at radius 3 is 2.41 bits per heavy atom. The van der Waals surface area contributed by atoms with Crippen LogP contribution in [0, 0.1) is 0 Å². The lowest BCUT2D eigenvalue weighted by molar-refractivity contribution is -0.124. The summed E-state index contributed by atoms with van der Waals surface area (Å²) in [4.78, 5) is 23.4. The number of benzene rings is 3. The molecular formula is C20H17BrN2O4. The number of rotatable bonds is 5. The maximum absolute atomic E-state index is 11.7. The second kappa shape index (κ2) is 9.05. The molecule has 3 aromatic carbocycles. The zero-order valence-electron chi connectivity index (χ0n) is 14.3. The van der Waals surface area contributed by atoms with E-state index >= 15 is 0 Å². The van der Waals surface area contributed by atoms with E-state index in [1.54, 1.807) is 24.3 Å². The largest absolute Gasteiger partial charge is 0.484 e. The van der Waals surface area contributed by atoms with E-state index in [2.05, 4.69) is 26.8 Å². The van der Waals surface area contributed by atoms with Crippen molar-refractivity contribution in [3.63, 3.8) is 0 Å². The van der Waals surface area contributed by atoms with E-state index in [4.69, 9.17) is 9.47 Å². The fourth-order valence-corrected chi connectivity index (χ4v) is 2.61. The highest BCUT2D eigenvalue weighted by Crippen LogP contribution is 2.16. The number of ether oxygens (including phenoxy) is 2. The summed E-state index contributed by atoms with van der Waals surface area (Å²) in [5.41, 5.74) is 5.27. The molecule has 0 unspecified atom stereocenters. The predicted octanol–water partition coefficient (Wildman–Crippen LogP) is 3.94. The first-order valence-electron chi connectivity index (χ1n) is 8.18. The van der Waals surface area contributed by atoms with E-state index in [1.165, 1.54) is 0 Å². The molecule has 0 atom stereocenters. The minimum Gasteiger partial charge on any atom is -0.484 e. The predicted molar refractivity (Wildman–Crippen MR) is 105 cm³/mol. The molecule has 0 saturated heterocycles. The quantitative estimate of drug-likeness (QED) is 0.603. The highest BCUT2D eigenvalue weighted by Gasteiger charge is 2.07. The minimum atomic E-state index is -0.750. The van der Waals surface area contributed by atoms with E-state index in [0.29, 0.717) is 5.75 Å². The SMILES string of the molecule is O=C(COc1ccc(Br)cc1)NNC(=O)OCc1ccc2ccccc2c1. The van der Waals surface area contributed by atoms with Crippen molar-refractivity contribution in [2.75, 3.05) is 6.61 Å². The van der Waals surface area contributed by atoms with Crippen molar-refractivity contribution in [1.82, 2.24) is 10.9 Å². The fourth-order valence-electron chi connectivity index (χ4n) is 2.35. The lowest BCUT2D eigenvalue weighted by Gasteiger charge is -2.10. The van der Waals surface area contributed by atoms with Crippen LogP contribution in [0.1, 0.15) is 5.56 Å². The van der Waals surface area contributed by atoms with E-state index in [1.807, 2.05) is 42.5 Å². The van der Waals surface area contributed by atoms with E-state index in [-0.39, 0.29) is 13.2 Å². The van der Waals surface area contributed by atoms with Gasteiger partial charge in [0.1, 0.15) is 12.4 Å². The molecule has 0 aliphatic rings. The molecule has 0 radical (unpaired) electrons. The number of carbonyl (C=O) groups excluding carboxylic acids is 2. The molecule has 0 aliphatic carbocycles. The Labute approximate surface area is 164 Å². The summed E-state index contributed by atoms with van der Waals surface area (Å²) < 4.78 is 11.3. The van der Waals surface area contributed by atoms with Crippen LogP contribution >= 0.6 is 15.9 Å². The third-order valence-electron chi connectivity index (χ3n) is 3.67. The highest BCUT2D eigenvalue weighted by atomic mass is 79.9. The Bertz CT molecular complexity index is 944. The number of halogens is 1. The molecule has 0 bridgehead atoms. The van der Waals surface area contributed by atoms with Crippen LogP contribution in [0.5, 0.6) is 5.75 Å². The molecule has 6 nitrogen and oxygen atoms in total. The number of hydrogen-bond acceptors (Lipinski definition) is 4. The topological polar surface area (TPSA) is 76.7 Å². The Morgan fingerprint density at radius 1 is 0.889 bits per heavy atom. The summed E-state index contributed by atoms with van der Waals surface area (Å²) in [6.07, 6.45) is -0.750. The van der Waals surface area contributed by atoms with Crippen molar-refractivity contribution in [2.24, 2.45) is 0 Å². The van der Waals surface area contributed by atoms with Gasteiger partial charge in [0.25, 0.3) is 5.91 Å². The van der Waals surface area contributed by atoms with Gasteiger partial charge in [0.2, 0.25) is 0 Å². The average Bonchev–Trinajstić information content (AvgIpc) is 2.70. The number of hydrogen-bond donors (Lipinski definition) is 2.